The number of hydrogen-bond donors (Lipinski definition) is 2. The molecule has 0 unspecified atom stereocenters. The van der Waals surface area contributed by atoms with Crippen molar-refractivity contribution in [2.24, 2.45) is 5.41 Å². The number of nitrogens with zero attached hydrogens (tertiary/aromatic N) is 2. The lowest BCUT2D eigenvalue weighted by Gasteiger charge is -2.48. The highest BCUT2D eigenvalue weighted by Crippen LogP contribution is 2.41. The standard InChI is InChI=1S/C17H23N3O4/c1-12(16(23)24)20-11-17(4-2-14(20)21)5-8-19(9-6-17)15(22)13-3-7-18-10-13/h3,7,10,12,18H,2,4-6,8-9,11H2,1H3,(H,23,24)/t12-/m0/s1. The van der Waals surface area contributed by atoms with Gasteiger partial charge >= 0.3 is 5.97 Å². The second-order valence-corrected chi connectivity index (χ2v) is 6.93. The predicted molar refractivity (Wildman–Crippen MR) is 86.4 cm³/mol. The molecular formula is C17H23N3O4. The third kappa shape index (κ3) is 3.02. The van der Waals surface area contributed by atoms with Gasteiger partial charge in [-0.15, -0.1) is 0 Å². The van der Waals surface area contributed by atoms with Crippen molar-refractivity contribution in [2.75, 3.05) is 19.6 Å². The summed E-state index contributed by atoms with van der Waals surface area (Å²) in [5, 5.41) is 9.21. The van der Waals surface area contributed by atoms with Crippen molar-refractivity contribution in [3.63, 3.8) is 0 Å². The van der Waals surface area contributed by atoms with Crippen LogP contribution in [0.1, 0.15) is 43.0 Å². The Hall–Kier alpha value is -2.31. The second-order valence-electron chi connectivity index (χ2n) is 6.93. The van der Waals surface area contributed by atoms with E-state index in [1.807, 2.05) is 4.90 Å². The van der Waals surface area contributed by atoms with Crippen LogP contribution in [-0.4, -0.2) is 63.4 Å². The highest BCUT2D eigenvalue weighted by atomic mass is 16.4. The van der Waals surface area contributed by atoms with Gasteiger partial charge in [0.2, 0.25) is 5.91 Å². The summed E-state index contributed by atoms with van der Waals surface area (Å²) in [6, 6.07) is 0.969. The van der Waals surface area contributed by atoms with Gasteiger partial charge in [0.15, 0.2) is 0 Å². The van der Waals surface area contributed by atoms with Gasteiger partial charge in [0.25, 0.3) is 5.91 Å². The number of H-pyrrole nitrogens is 1. The average Bonchev–Trinajstić information content (AvgIpc) is 3.11. The van der Waals surface area contributed by atoms with E-state index >= 15 is 0 Å². The molecule has 3 heterocycles. The minimum atomic E-state index is -0.972. The molecule has 1 atom stereocenters. The van der Waals surface area contributed by atoms with Crippen molar-refractivity contribution in [3.05, 3.63) is 24.0 Å². The Labute approximate surface area is 140 Å². The van der Waals surface area contributed by atoms with Crippen molar-refractivity contribution in [1.29, 1.82) is 0 Å². The number of amides is 2. The minimum Gasteiger partial charge on any atom is -0.480 e. The molecule has 0 aromatic carbocycles. The van der Waals surface area contributed by atoms with Crippen LogP contribution >= 0.6 is 0 Å². The predicted octanol–water partition coefficient (Wildman–Crippen LogP) is 1.33. The van der Waals surface area contributed by atoms with E-state index in [-0.39, 0.29) is 17.2 Å². The molecule has 0 saturated carbocycles. The monoisotopic (exact) mass is 333 g/mol. The van der Waals surface area contributed by atoms with Gasteiger partial charge in [0, 0.05) is 38.4 Å². The van der Waals surface area contributed by atoms with Gasteiger partial charge in [-0.2, -0.15) is 0 Å². The van der Waals surface area contributed by atoms with Gasteiger partial charge in [-0.05, 0) is 37.7 Å². The molecule has 2 aliphatic heterocycles. The molecule has 3 rings (SSSR count). The summed E-state index contributed by atoms with van der Waals surface area (Å²) >= 11 is 0. The van der Waals surface area contributed by atoms with E-state index in [4.69, 9.17) is 0 Å². The number of piperidine rings is 2. The zero-order valence-corrected chi connectivity index (χ0v) is 13.8. The number of hydrogen-bond acceptors (Lipinski definition) is 3. The number of aliphatic carboxylic acids is 1. The number of carbonyl (C=O) groups excluding carboxylic acids is 2. The van der Waals surface area contributed by atoms with Crippen LogP contribution in [0.3, 0.4) is 0 Å². The van der Waals surface area contributed by atoms with Crippen molar-refractivity contribution in [2.45, 2.75) is 38.6 Å². The SMILES string of the molecule is C[C@@H](C(=O)O)N1CC2(CCC1=O)CCN(C(=O)c1cc[nH]c1)CC2. The van der Waals surface area contributed by atoms with Crippen LogP contribution in [-0.2, 0) is 9.59 Å². The maximum atomic E-state index is 12.4. The molecule has 7 heteroatoms. The Morgan fingerprint density at radius 1 is 1.29 bits per heavy atom. The number of carbonyl (C=O) groups is 3. The third-order valence-corrected chi connectivity index (χ3v) is 5.48. The fourth-order valence-corrected chi connectivity index (χ4v) is 3.76. The maximum Gasteiger partial charge on any atom is 0.326 e. The van der Waals surface area contributed by atoms with Crippen LogP contribution in [0, 0.1) is 5.41 Å². The molecule has 2 fully saturated rings. The first-order chi connectivity index (χ1) is 11.4. The Bertz CT molecular complexity index is 632. The van der Waals surface area contributed by atoms with Crippen LogP contribution in [0.5, 0.6) is 0 Å². The Morgan fingerprint density at radius 3 is 2.58 bits per heavy atom. The number of carboxylic acids is 1. The Balaban J connectivity index is 1.65. The molecule has 1 spiro atoms. The summed E-state index contributed by atoms with van der Waals surface area (Å²) in [4.78, 5) is 42.0. The largest absolute Gasteiger partial charge is 0.480 e. The molecule has 2 saturated heterocycles. The van der Waals surface area contributed by atoms with Crippen molar-refractivity contribution < 1.29 is 19.5 Å². The first kappa shape index (κ1) is 16.5. The number of carboxylic acid groups (broad SMARTS) is 1. The summed E-state index contributed by atoms with van der Waals surface area (Å²) in [5.74, 6) is -1.03. The number of rotatable bonds is 3. The number of likely N-dealkylation sites (tertiary alicyclic amines) is 2. The van der Waals surface area contributed by atoms with Crippen LogP contribution in [0.25, 0.3) is 0 Å². The highest BCUT2D eigenvalue weighted by molar-refractivity contribution is 5.94. The quantitative estimate of drug-likeness (QED) is 0.873. The lowest BCUT2D eigenvalue weighted by Crippen LogP contribution is -2.55. The van der Waals surface area contributed by atoms with Gasteiger partial charge in [-0.1, -0.05) is 0 Å². The van der Waals surface area contributed by atoms with Crippen LogP contribution in [0.4, 0.5) is 0 Å². The normalized spacial score (nSPS) is 21.8. The van der Waals surface area contributed by atoms with E-state index in [9.17, 15) is 19.5 Å². The highest BCUT2D eigenvalue weighted by Gasteiger charge is 2.43. The molecule has 1 aromatic rings. The topological polar surface area (TPSA) is 93.7 Å². The molecule has 130 valence electrons. The smallest absolute Gasteiger partial charge is 0.326 e. The first-order valence-electron chi connectivity index (χ1n) is 8.36. The summed E-state index contributed by atoms with van der Waals surface area (Å²) in [6.07, 6.45) is 6.21. The molecule has 2 N–H and O–H groups in total. The summed E-state index contributed by atoms with van der Waals surface area (Å²) in [5.41, 5.74) is 0.595. The Kier molecular flexibility index (Phi) is 4.34. The lowest BCUT2D eigenvalue weighted by atomic mass is 9.72. The molecular weight excluding hydrogens is 310 g/mol. The zero-order chi connectivity index (χ0) is 17.3. The van der Waals surface area contributed by atoms with Crippen molar-refractivity contribution >= 4 is 17.8 Å². The third-order valence-electron chi connectivity index (χ3n) is 5.48. The summed E-state index contributed by atoms with van der Waals surface area (Å²) < 4.78 is 0. The van der Waals surface area contributed by atoms with E-state index in [0.717, 1.165) is 19.3 Å². The molecule has 0 radical (unpaired) electrons. The van der Waals surface area contributed by atoms with Gasteiger partial charge in [0.1, 0.15) is 6.04 Å². The van der Waals surface area contributed by atoms with E-state index < -0.39 is 12.0 Å². The van der Waals surface area contributed by atoms with E-state index in [0.29, 0.717) is 31.6 Å². The van der Waals surface area contributed by atoms with E-state index in [1.165, 1.54) is 4.90 Å². The minimum absolute atomic E-state index is 0.0220. The number of nitrogens with one attached hydrogen (secondary N) is 1. The number of aromatic nitrogens is 1. The summed E-state index contributed by atoms with van der Waals surface area (Å²) in [6.45, 7) is 3.33. The van der Waals surface area contributed by atoms with Gasteiger partial charge < -0.3 is 19.9 Å². The van der Waals surface area contributed by atoms with E-state index in [2.05, 4.69) is 4.98 Å². The molecule has 24 heavy (non-hydrogen) atoms. The van der Waals surface area contributed by atoms with Crippen LogP contribution in [0.15, 0.2) is 18.5 Å². The molecule has 2 aliphatic rings. The molecule has 0 aliphatic carbocycles. The zero-order valence-electron chi connectivity index (χ0n) is 13.8. The van der Waals surface area contributed by atoms with Gasteiger partial charge in [-0.25, -0.2) is 4.79 Å². The summed E-state index contributed by atoms with van der Waals surface area (Å²) in [7, 11) is 0. The second kappa shape index (κ2) is 6.30. The maximum absolute atomic E-state index is 12.4. The molecule has 2 amide bonds. The van der Waals surface area contributed by atoms with Gasteiger partial charge in [-0.3, -0.25) is 9.59 Å². The van der Waals surface area contributed by atoms with Crippen molar-refractivity contribution in [3.8, 4) is 0 Å². The Morgan fingerprint density at radius 2 is 2.00 bits per heavy atom. The fraction of sp³-hybridized carbons (Fsp3) is 0.588. The van der Waals surface area contributed by atoms with Crippen LogP contribution in [0.2, 0.25) is 0 Å². The fourth-order valence-electron chi connectivity index (χ4n) is 3.76. The molecule has 7 nitrogen and oxygen atoms in total. The number of aromatic amines is 1. The van der Waals surface area contributed by atoms with Crippen LogP contribution < -0.4 is 0 Å². The first-order valence-corrected chi connectivity index (χ1v) is 8.36. The lowest BCUT2D eigenvalue weighted by molar-refractivity contribution is -0.154. The van der Waals surface area contributed by atoms with E-state index in [1.54, 1.807) is 25.4 Å². The molecule has 1 aromatic heterocycles. The average molecular weight is 333 g/mol. The molecule has 0 bridgehead atoms. The van der Waals surface area contributed by atoms with Crippen molar-refractivity contribution in [1.82, 2.24) is 14.8 Å². The van der Waals surface area contributed by atoms with Gasteiger partial charge in [0.05, 0.1) is 5.56 Å².